The number of imide groups is 2. The predicted molar refractivity (Wildman–Crippen MR) is 143 cm³/mol. The second kappa shape index (κ2) is 11.3. The molecule has 0 radical (unpaired) electrons. The summed E-state index contributed by atoms with van der Waals surface area (Å²) in [6, 6.07) is 15.0. The fraction of sp³-hybridized carbons (Fsp3) is 0.269. The maximum atomic E-state index is 13.1. The predicted octanol–water partition coefficient (Wildman–Crippen LogP) is 2.00. The highest BCUT2D eigenvalue weighted by Crippen LogP contribution is 2.29. The second-order valence-corrected chi connectivity index (χ2v) is 9.79. The molecule has 2 saturated heterocycles. The molecule has 0 unspecified atom stereocenters. The van der Waals surface area contributed by atoms with Crippen molar-refractivity contribution in [2.75, 3.05) is 44.2 Å². The molecular weight excluding hydrogens is 554 g/mol. The number of carbonyl (C=O) groups is 3. The van der Waals surface area contributed by atoms with Gasteiger partial charge in [0.25, 0.3) is 11.8 Å². The van der Waals surface area contributed by atoms with Crippen LogP contribution in [0.3, 0.4) is 0 Å². The highest BCUT2D eigenvalue weighted by atomic mass is 79.9. The number of aromatic nitrogens is 2. The summed E-state index contributed by atoms with van der Waals surface area (Å²) >= 11 is 3.39. The first kappa shape index (κ1) is 25.8. The first-order valence-corrected chi connectivity index (χ1v) is 12.9. The van der Waals surface area contributed by atoms with Gasteiger partial charge in [-0.05, 0) is 48.0 Å². The zero-order valence-corrected chi connectivity index (χ0v) is 22.0. The molecule has 11 nitrogen and oxygen atoms in total. The molecule has 4 amide bonds. The van der Waals surface area contributed by atoms with Crippen molar-refractivity contribution < 1.29 is 19.1 Å². The monoisotopic (exact) mass is 579 g/mol. The molecule has 3 aromatic rings. The van der Waals surface area contributed by atoms with E-state index in [4.69, 9.17) is 4.74 Å². The molecule has 1 aromatic heterocycles. The summed E-state index contributed by atoms with van der Waals surface area (Å²) in [6.07, 6.45) is 3.45. The van der Waals surface area contributed by atoms with Crippen LogP contribution in [0.5, 0.6) is 11.5 Å². The molecule has 2 fully saturated rings. The Hall–Kier alpha value is -3.87. The van der Waals surface area contributed by atoms with Gasteiger partial charge in [-0.3, -0.25) is 30.4 Å². The quantitative estimate of drug-likeness (QED) is 0.343. The third-order valence-corrected chi connectivity index (χ3v) is 7.03. The number of nitrogens with zero attached hydrogens (tertiary/aromatic N) is 4. The lowest BCUT2D eigenvalue weighted by Gasteiger charge is -2.37. The number of rotatable bonds is 8. The highest BCUT2D eigenvalue weighted by molar-refractivity contribution is 9.10. The number of urea groups is 1. The van der Waals surface area contributed by atoms with Crippen LogP contribution in [0.4, 0.5) is 10.7 Å². The van der Waals surface area contributed by atoms with Crippen molar-refractivity contribution in [2.45, 2.75) is 5.54 Å². The van der Waals surface area contributed by atoms with Crippen molar-refractivity contribution in [3.05, 3.63) is 77.0 Å². The molecule has 3 N–H and O–H groups in total. The van der Waals surface area contributed by atoms with Crippen molar-refractivity contribution in [3.8, 4) is 11.5 Å². The van der Waals surface area contributed by atoms with Crippen LogP contribution in [0.2, 0.25) is 0 Å². The average Bonchev–Trinajstić information content (AvgIpc) is 2.93. The van der Waals surface area contributed by atoms with Crippen LogP contribution in [0, 0.1) is 0 Å². The molecule has 5 rings (SSSR count). The van der Waals surface area contributed by atoms with Crippen molar-refractivity contribution in [1.29, 1.82) is 0 Å². The molecule has 0 saturated carbocycles. The number of benzene rings is 2. The largest absolute Gasteiger partial charge is 0.457 e. The zero-order chi connectivity index (χ0) is 26.5. The molecule has 0 aliphatic carbocycles. The molecule has 3 heterocycles. The van der Waals surface area contributed by atoms with Crippen LogP contribution < -0.4 is 25.6 Å². The topological polar surface area (TPSA) is 129 Å². The highest BCUT2D eigenvalue weighted by Gasteiger charge is 2.51. The number of ether oxygens (including phenoxy) is 1. The number of carbonyl (C=O) groups excluding carboxylic acids is 3. The lowest BCUT2D eigenvalue weighted by molar-refractivity contribution is -0.140. The van der Waals surface area contributed by atoms with Gasteiger partial charge in [0.15, 0.2) is 0 Å². The Morgan fingerprint density at radius 1 is 0.868 bits per heavy atom. The van der Waals surface area contributed by atoms with Crippen molar-refractivity contribution in [1.82, 2.24) is 30.8 Å². The van der Waals surface area contributed by atoms with E-state index in [1.807, 2.05) is 24.3 Å². The summed E-state index contributed by atoms with van der Waals surface area (Å²) in [5.74, 6) is 0.445. The van der Waals surface area contributed by atoms with E-state index in [9.17, 15) is 14.4 Å². The second-order valence-electron chi connectivity index (χ2n) is 8.87. The third-order valence-electron chi connectivity index (χ3n) is 6.50. The van der Waals surface area contributed by atoms with Gasteiger partial charge in [-0.2, -0.15) is 0 Å². The van der Waals surface area contributed by atoms with Crippen LogP contribution in [-0.2, 0) is 15.1 Å². The molecule has 2 aromatic carbocycles. The average molecular weight is 580 g/mol. The van der Waals surface area contributed by atoms with Gasteiger partial charge in [0.05, 0.1) is 0 Å². The van der Waals surface area contributed by atoms with E-state index in [1.165, 1.54) is 0 Å². The lowest BCUT2D eigenvalue weighted by atomic mass is 9.86. The molecular formula is C26H26BrN7O4. The SMILES string of the molecule is O=C1NC(=O)C(NCCN2CCN(c3ncccn3)CC2)(c2ccc(Oc3ccc(Br)cc3)cc2)C(=O)N1. The van der Waals surface area contributed by atoms with E-state index in [-0.39, 0.29) is 0 Å². The molecule has 0 spiro atoms. The Labute approximate surface area is 227 Å². The Bertz CT molecular complexity index is 1280. The third kappa shape index (κ3) is 5.52. The molecule has 0 bridgehead atoms. The number of nitrogens with one attached hydrogen (secondary N) is 3. The molecule has 2 aliphatic heterocycles. The Morgan fingerprint density at radius 2 is 1.45 bits per heavy atom. The van der Waals surface area contributed by atoms with Gasteiger partial charge in [0, 0.05) is 56.1 Å². The summed E-state index contributed by atoms with van der Waals surface area (Å²) < 4.78 is 6.80. The Balaban J connectivity index is 1.26. The van der Waals surface area contributed by atoms with Crippen molar-refractivity contribution in [2.24, 2.45) is 0 Å². The molecule has 2 aliphatic rings. The maximum Gasteiger partial charge on any atom is 0.328 e. The Morgan fingerprint density at radius 3 is 2.05 bits per heavy atom. The van der Waals surface area contributed by atoms with Crippen LogP contribution in [0.1, 0.15) is 5.56 Å². The maximum absolute atomic E-state index is 13.1. The Kier molecular flexibility index (Phi) is 7.63. The molecule has 38 heavy (non-hydrogen) atoms. The number of piperazine rings is 1. The number of halogens is 1. The van der Waals surface area contributed by atoms with Crippen LogP contribution in [-0.4, -0.2) is 72.0 Å². The fourth-order valence-electron chi connectivity index (χ4n) is 4.49. The molecule has 12 heteroatoms. The first-order chi connectivity index (χ1) is 18.4. The lowest BCUT2D eigenvalue weighted by Crippen LogP contribution is -2.70. The molecule has 0 atom stereocenters. The first-order valence-electron chi connectivity index (χ1n) is 12.1. The van der Waals surface area contributed by atoms with Crippen molar-refractivity contribution >= 4 is 39.7 Å². The van der Waals surface area contributed by atoms with Gasteiger partial charge in [-0.25, -0.2) is 14.8 Å². The van der Waals surface area contributed by atoms with Gasteiger partial charge in [-0.15, -0.1) is 0 Å². The van der Waals surface area contributed by atoms with E-state index >= 15 is 0 Å². The summed E-state index contributed by atoms with van der Waals surface area (Å²) in [6.45, 7) is 4.05. The van der Waals surface area contributed by atoms with Gasteiger partial charge in [0.2, 0.25) is 11.5 Å². The number of anilines is 1. The van der Waals surface area contributed by atoms with Crippen LogP contribution in [0.15, 0.2) is 71.5 Å². The van der Waals surface area contributed by atoms with Gasteiger partial charge in [-0.1, -0.05) is 28.1 Å². The summed E-state index contributed by atoms with van der Waals surface area (Å²) in [4.78, 5) is 51.0. The number of amides is 4. The van der Waals surface area contributed by atoms with Gasteiger partial charge < -0.3 is 9.64 Å². The van der Waals surface area contributed by atoms with E-state index in [0.29, 0.717) is 36.1 Å². The van der Waals surface area contributed by atoms with E-state index < -0.39 is 23.4 Å². The minimum Gasteiger partial charge on any atom is -0.457 e. The smallest absolute Gasteiger partial charge is 0.328 e. The fourth-order valence-corrected chi connectivity index (χ4v) is 4.76. The number of barbiturate groups is 1. The summed E-state index contributed by atoms with van der Waals surface area (Å²) in [7, 11) is 0. The van der Waals surface area contributed by atoms with E-state index in [2.05, 4.69) is 51.6 Å². The number of hydrogen-bond donors (Lipinski definition) is 3. The number of hydrogen-bond acceptors (Lipinski definition) is 9. The standard InChI is InChI=1S/C26H26BrN7O4/c27-19-4-8-21(9-5-19)38-20-6-2-18(3-7-20)26(22(35)31-25(37)32-23(26)36)30-12-13-33-14-16-34(17-15-33)24-28-10-1-11-29-24/h1-11,30H,12-17H2,(H2,31,32,35,36,37). The summed E-state index contributed by atoms with van der Waals surface area (Å²) in [5.41, 5.74) is -1.36. The van der Waals surface area contributed by atoms with E-state index in [1.54, 1.807) is 42.7 Å². The zero-order valence-electron chi connectivity index (χ0n) is 20.4. The van der Waals surface area contributed by atoms with E-state index in [0.717, 1.165) is 30.7 Å². The van der Waals surface area contributed by atoms with Crippen molar-refractivity contribution in [3.63, 3.8) is 0 Å². The molecule has 196 valence electrons. The van der Waals surface area contributed by atoms with Crippen LogP contribution in [0.25, 0.3) is 0 Å². The minimum atomic E-state index is -1.76. The van der Waals surface area contributed by atoms with Gasteiger partial charge >= 0.3 is 6.03 Å². The van der Waals surface area contributed by atoms with Crippen LogP contribution >= 0.6 is 15.9 Å². The normalized spacial score (nSPS) is 17.6. The summed E-state index contributed by atoms with van der Waals surface area (Å²) in [5, 5.41) is 7.59. The minimum absolute atomic E-state index is 0.341. The van der Waals surface area contributed by atoms with Gasteiger partial charge in [0.1, 0.15) is 11.5 Å².